The van der Waals surface area contributed by atoms with Crippen LogP contribution in [0.5, 0.6) is 0 Å². The van der Waals surface area contributed by atoms with Gasteiger partial charge in [-0.3, -0.25) is 0 Å². The van der Waals surface area contributed by atoms with Crippen LogP contribution in [0.3, 0.4) is 0 Å². The fourth-order valence-electron chi connectivity index (χ4n) is 2.48. The van der Waals surface area contributed by atoms with Crippen LogP contribution in [0.4, 0.5) is 4.79 Å². The van der Waals surface area contributed by atoms with Crippen molar-refractivity contribution in [1.29, 1.82) is 0 Å². The van der Waals surface area contributed by atoms with Gasteiger partial charge in [-0.1, -0.05) is 0 Å². The van der Waals surface area contributed by atoms with Gasteiger partial charge in [-0.25, -0.2) is 4.79 Å². The Bertz CT molecular complexity index is 296. The van der Waals surface area contributed by atoms with Crippen molar-refractivity contribution in [3.05, 3.63) is 0 Å². The van der Waals surface area contributed by atoms with E-state index in [1.807, 2.05) is 34.9 Å². The molecule has 1 rings (SSSR count). The van der Waals surface area contributed by atoms with Crippen LogP contribution in [0.15, 0.2) is 0 Å². The maximum Gasteiger partial charge on any atom is 0.410 e. The number of carbonyl (C=O) groups excluding carboxylic acids is 1. The zero-order valence-electron chi connectivity index (χ0n) is 13.6. The van der Waals surface area contributed by atoms with Crippen molar-refractivity contribution < 1.29 is 14.3 Å². The molecule has 1 aliphatic rings. The van der Waals surface area contributed by atoms with E-state index in [1.165, 1.54) is 6.42 Å². The smallest absolute Gasteiger partial charge is 0.410 e. The predicted octanol–water partition coefficient (Wildman–Crippen LogP) is 2.26. The van der Waals surface area contributed by atoms with E-state index in [0.29, 0.717) is 5.92 Å². The normalized spacial score (nSPS) is 21.4. The number of ether oxygens (including phenoxy) is 2. The summed E-state index contributed by atoms with van der Waals surface area (Å²) in [5.74, 6) is 0.534. The summed E-state index contributed by atoms with van der Waals surface area (Å²) in [6.45, 7) is 8.12. The average molecular weight is 286 g/mol. The number of likely N-dealkylation sites (N-methyl/N-ethyl adjacent to an activating group) is 2. The molecule has 0 radical (unpaired) electrons. The highest BCUT2D eigenvalue weighted by molar-refractivity contribution is 5.68. The minimum absolute atomic E-state index is 0.140. The Morgan fingerprint density at radius 2 is 2.20 bits per heavy atom. The number of hydrogen-bond donors (Lipinski definition) is 1. The largest absolute Gasteiger partial charge is 0.444 e. The lowest BCUT2D eigenvalue weighted by atomic mass is 9.94. The molecule has 2 atom stereocenters. The van der Waals surface area contributed by atoms with Gasteiger partial charge in [-0.05, 0) is 53.0 Å². The molecule has 1 saturated heterocycles. The first kappa shape index (κ1) is 17.2. The molecule has 0 aromatic heterocycles. The second kappa shape index (κ2) is 7.84. The van der Waals surface area contributed by atoms with E-state index >= 15 is 0 Å². The molecule has 0 unspecified atom stereocenters. The fourth-order valence-corrected chi connectivity index (χ4v) is 2.48. The summed E-state index contributed by atoms with van der Waals surface area (Å²) in [6.07, 6.45) is 3.00. The van der Waals surface area contributed by atoms with Crippen LogP contribution in [0.1, 0.15) is 40.0 Å². The van der Waals surface area contributed by atoms with Crippen molar-refractivity contribution in [2.24, 2.45) is 5.92 Å². The van der Waals surface area contributed by atoms with Crippen molar-refractivity contribution in [3.8, 4) is 0 Å². The van der Waals surface area contributed by atoms with Crippen molar-refractivity contribution in [2.45, 2.75) is 51.7 Å². The van der Waals surface area contributed by atoms with Crippen molar-refractivity contribution in [3.63, 3.8) is 0 Å². The number of nitrogens with one attached hydrogen (secondary N) is 1. The molecule has 0 saturated carbocycles. The lowest BCUT2D eigenvalue weighted by molar-refractivity contribution is 0.0115. The summed E-state index contributed by atoms with van der Waals surface area (Å²) in [7, 11) is 3.73. The monoisotopic (exact) mass is 286 g/mol. The van der Waals surface area contributed by atoms with Gasteiger partial charge in [-0.15, -0.1) is 0 Å². The summed E-state index contributed by atoms with van der Waals surface area (Å²) in [6, 6.07) is 0.140. The molecule has 0 aromatic carbocycles. The predicted molar refractivity (Wildman–Crippen MR) is 79.9 cm³/mol. The first-order chi connectivity index (χ1) is 9.33. The number of nitrogens with zero attached hydrogens (tertiary/aromatic N) is 1. The molecular weight excluding hydrogens is 256 g/mol. The van der Waals surface area contributed by atoms with Crippen molar-refractivity contribution in [1.82, 2.24) is 10.2 Å². The van der Waals surface area contributed by atoms with Crippen LogP contribution in [0.25, 0.3) is 0 Å². The van der Waals surface area contributed by atoms with Gasteiger partial charge in [0, 0.05) is 32.8 Å². The second-order valence-electron chi connectivity index (χ2n) is 6.62. The Labute approximate surface area is 123 Å². The molecule has 1 aliphatic heterocycles. The van der Waals surface area contributed by atoms with E-state index in [9.17, 15) is 4.79 Å². The summed E-state index contributed by atoms with van der Waals surface area (Å²) in [5, 5.41) is 3.17. The lowest BCUT2D eigenvalue weighted by Gasteiger charge is -2.33. The van der Waals surface area contributed by atoms with Gasteiger partial charge in [0.1, 0.15) is 5.60 Å². The van der Waals surface area contributed by atoms with E-state index in [4.69, 9.17) is 9.47 Å². The molecule has 0 bridgehead atoms. The van der Waals surface area contributed by atoms with E-state index in [1.54, 1.807) is 4.90 Å². The SMILES string of the molecule is CNC[C@@H](C[C@@H]1CCCOC1)N(C)C(=O)OC(C)(C)C. The average Bonchev–Trinajstić information content (AvgIpc) is 2.36. The Morgan fingerprint density at radius 3 is 2.70 bits per heavy atom. The highest BCUT2D eigenvalue weighted by Gasteiger charge is 2.27. The van der Waals surface area contributed by atoms with Gasteiger partial charge in [0.25, 0.3) is 0 Å². The molecule has 0 aromatic rings. The van der Waals surface area contributed by atoms with Gasteiger partial charge in [0.15, 0.2) is 0 Å². The third-order valence-corrected chi connectivity index (χ3v) is 3.53. The van der Waals surface area contributed by atoms with Crippen LogP contribution in [-0.4, -0.2) is 56.5 Å². The van der Waals surface area contributed by atoms with Crippen molar-refractivity contribution in [2.75, 3.05) is 33.9 Å². The maximum absolute atomic E-state index is 12.2. The highest BCUT2D eigenvalue weighted by Crippen LogP contribution is 2.21. The third kappa shape index (κ3) is 6.09. The number of rotatable bonds is 5. The molecule has 1 fully saturated rings. The standard InChI is InChI=1S/C15H30N2O3/c1-15(2,3)20-14(18)17(5)13(10-16-4)9-12-7-6-8-19-11-12/h12-13,16H,6-11H2,1-5H3/t12-,13+/m0/s1. The zero-order valence-corrected chi connectivity index (χ0v) is 13.6. The Morgan fingerprint density at radius 1 is 1.50 bits per heavy atom. The highest BCUT2D eigenvalue weighted by atomic mass is 16.6. The van der Waals surface area contributed by atoms with Crippen molar-refractivity contribution >= 4 is 6.09 Å². The minimum Gasteiger partial charge on any atom is -0.444 e. The molecule has 5 nitrogen and oxygen atoms in total. The van der Waals surface area contributed by atoms with Crippen LogP contribution in [0, 0.1) is 5.92 Å². The Kier molecular flexibility index (Phi) is 6.76. The summed E-state index contributed by atoms with van der Waals surface area (Å²) in [5.41, 5.74) is -0.455. The van der Waals surface area contributed by atoms with Gasteiger partial charge in [0.05, 0.1) is 0 Å². The van der Waals surface area contributed by atoms with E-state index in [-0.39, 0.29) is 12.1 Å². The molecule has 20 heavy (non-hydrogen) atoms. The van der Waals surface area contributed by atoms with E-state index in [0.717, 1.165) is 32.6 Å². The van der Waals surface area contributed by atoms with Crippen LogP contribution in [0.2, 0.25) is 0 Å². The number of amides is 1. The molecule has 5 heteroatoms. The fraction of sp³-hybridized carbons (Fsp3) is 0.933. The van der Waals surface area contributed by atoms with Gasteiger partial charge >= 0.3 is 6.09 Å². The maximum atomic E-state index is 12.2. The first-order valence-corrected chi connectivity index (χ1v) is 7.51. The van der Waals surface area contributed by atoms with E-state index < -0.39 is 5.60 Å². The summed E-state index contributed by atoms with van der Waals surface area (Å²) >= 11 is 0. The summed E-state index contributed by atoms with van der Waals surface area (Å²) in [4.78, 5) is 13.9. The topological polar surface area (TPSA) is 50.8 Å². The van der Waals surface area contributed by atoms with Gasteiger partial charge in [0.2, 0.25) is 0 Å². The van der Waals surface area contributed by atoms with Gasteiger partial charge in [-0.2, -0.15) is 0 Å². The molecule has 1 heterocycles. The minimum atomic E-state index is -0.455. The van der Waals surface area contributed by atoms with Crippen LogP contribution < -0.4 is 5.32 Å². The molecular formula is C15H30N2O3. The summed E-state index contributed by atoms with van der Waals surface area (Å²) < 4.78 is 11.0. The molecule has 0 aliphatic carbocycles. The molecule has 1 amide bonds. The van der Waals surface area contributed by atoms with Crippen LogP contribution >= 0.6 is 0 Å². The van der Waals surface area contributed by atoms with E-state index in [2.05, 4.69) is 5.32 Å². The van der Waals surface area contributed by atoms with Crippen LogP contribution in [-0.2, 0) is 9.47 Å². The zero-order chi connectivity index (χ0) is 15.2. The molecule has 0 spiro atoms. The molecule has 1 N–H and O–H groups in total. The number of hydrogen-bond acceptors (Lipinski definition) is 4. The lowest BCUT2D eigenvalue weighted by Crippen LogP contribution is -2.46. The van der Waals surface area contributed by atoms with Gasteiger partial charge < -0.3 is 19.7 Å². The first-order valence-electron chi connectivity index (χ1n) is 7.51. The second-order valence-corrected chi connectivity index (χ2v) is 6.62. The molecule has 118 valence electrons. The number of carbonyl (C=O) groups is 1. The Hall–Kier alpha value is -0.810. The third-order valence-electron chi connectivity index (χ3n) is 3.53. The quantitative estimate of drug-likeness (QED) is 0.842. The Balaban J connectivity index is 2.56.